The van der Waals surface area contributed by atoms with Crippen molar-refractivity contribution in [3.63, 3.8) is 0 Å². The Bertz CT molecular complexity index is 818. The minimum Gasteiger partial charge on any atom is -0.497 e. The number of carbonyl (C=O) groups is 1. The van der Waals surface area contributed by atoms with Crippen LogP contribution in [0, 0.1) is 0 Å². The molecular weight excluding hydrogens is 368 g/mol. The van der Waals surface area contributed by atoms with E-state index in [9.17, 15) is 4.79 Å². The molecule has 2 aromatic rings. The molecule has 0 aliphatic carbocycles. The number of amides is 1. The van der Waals surface area contributed by atoms with Gasteiger partial charge in [-0.15, -0.1) is 0 Å². The first kappa shape index (κ1) is 21.0. The smallest absolute Gasteiger partial charge is 0.224 e. The van der Waals surface area contributed by atoms with Gasteiger partial charge in [0.15, 0.2) is 0 Å². The first-order valence-corrected chi connectivity index (χ1v) is 10.00. The second-order valence-corrected chi connectivity index (χ2v) is 7.19. The molecule has 0 radical (unpaired) electrons. The van der Waals surface area contributed by atoms with E-state index in [0.717, 1.165) is 30.0 Å². The Balaban J connectivity index is 1.68. The van der Waals surface area contributed by atoms with Crippen molar-refractivity contribution in [3.8, 4) is 17.2 Å². The monoisotopic (exact) mass is 398 g/mol. The number of benzene rings is 2. The van der Waals surface area contributed by atoms with E-state index in [-0.39, 0.29) is 18.4 Å². The molecule has 1 amide bonds. The van der Waals surface area contributed by atoms with Crippen molar-refractivity contribution in [3.05, 3.63) is 53.6 Å². The van der Waals surface area contributed by atoms with Gasteiger partial charge in [0.2, 0.25) is 5.91 Å². The van der Waals surface area contributed by atoms with Crippen molar-refractivity contribution in [1.82, 2.24) is 10.2 Å². The lowest BCUT2D eigenvalue weighted by Gasteiger charge is -2.28. The summed E-state index contributed by atoms with van der Waals surface area (Å²) < 4.78 is 16.0. The van der Waals surface area contributed by atoms with Gasteiger partial charge in [-0.25, -0.2) is 0 Å². The lowest BCUT2D eigenvalue weighted by Crippen LogP contribution is -2.37. The third-order valence-corrected chi connectivity index (χ3v) is 5.40. The highest BCUT2D eigenvalue weighted by atomic mass is 16.5. The molecule has 0 aromatic heterocycles. The quantitative estimate of drug-likeness (QED) is 0.703. The third kappa shape index (κ3) is 5.41. The van der Waals surface area contributed by atoms with Gasteiger partial charge in [-0.3, -0.25) is 9.69 Å². The van der Waals surface area contributed by atoms with Crippen LogP contribution in [0.3, 0.4) is 0 Å². The number of carbonyl (C=O) groups excluding carboxylic acids is 1. The topological polar surface area (TPSA) is 60.0 Å². The summed E-state index contributed by atoms with van der Waals surface area (Å²) in [5.41, 5.74) is 2.00. The fourth-order valence-electron chi connectivity index (χ4n) is 3.80. The highest BCUT2D eigenvalue weighted by Gasteiger charge is 2.24. The molecule has 1 aliphatic rings. The zero-order valence-corrected chi connectivity index (χ0v) is 17.4. The van der Waals surface area contributed by atoms with E-state index in [4.69, 9.17) is 14.2 Å². The number of methoxy groups -OCH3 is 3. The largest absolute Gasteiger partial charge is 0.497 e. The fourth-order valence-corrected chi connectivity index (χ4v) is 3.80. The molecule has 1 fully saturated rings. The molecule has 3 rings (SSSR count). The molecule has 156 valence electrons. The van der Waals surface area contributed by atoms with Crippen molar-refractivity contribution in [2.24, 2.45) is 0 Å². The van der Waals surface area contributed by atoms with E-state index in [1.807, 2.05) is 24.3 Å². The summed E-state index contributed by atoms with van der Waals surface area (Å²) >= 11 is 0. The summed E-state index contributed by atoms with van der Waals surface area (Å²) in [7, 11) is 4.88. The molecule has 29 heavy (non-hydrogen) atoms. The summed E-state index contributed by atoms with van der Waals surface area (Å²) in [5, 5.41) is 3.12. The van der Waals surface area contributed by atoms with Crippen LogP contribution in [-0.4, -0.2) is 51.8 Å². The van der Waals surface area contributed by atoms with Gasteiger partial charge in [0.1, 0.15) is 17.2 Å². The Hall–Kier alpha value is -2.73. The Labute approximate surface area is 172 Å². The number of ether oxygens (including phenoxy) is 3. The van der Waals surface area contributed by atoms with E-state index in [2.05, 4.69) is 22.3 Å². The molecule has 1 saturated heterocycles. The van der Waals surface area contributed by atoms with Gasteiger partial charge in [-0.05, 0) is 49.7 Å². The second kappa shape index (κ2) is 10.2. The average molecular weight is 399 g/mol. The van der Waals surface area contributed by atoms with Crippen LogP contribution in [0.1, 0.15) is 30.0 Å². The van der Waals surface area contributed by atoms with Crippen LogP contribution in [0.2, 0.25) is 0 Å². The summed E-state index contributed by atoms with van der Waals surface area (Å²) in [4.78, 5) is 15.1. The van der Waals surface area contributed by atoms with Gasteiger partial charge in [0.25, 0.3) is 0 Å². The molecule has 6 heteroatoms. The number of rotatable bonds is 9. The SMILES string of the molecule is COc1cccc(C(CNC(=O)Cc2ccc(OC)cc2OC)N2CCCC2)c1. The first-order chi connectivity index (χ1) is 14.1. The molecule has 1 aliphatic heterocycles. The maximum Gasteiger partial charge on any atom is 0.224 e. The minimum atomic E-state index is -0.0273. The van der Waals surface area contributed by atoms with Gasteiger partial charge in [-0.1, -0.05) is 18.2 Å². The zero-order valence-electron chi connectivity index (χ0n) is 17.4. The van der Waals surface area contributed by atoms with Gasteiger partial charge < -0.3 is 19.5 Å². The molecule has 6 nitrogen and oxygen atoms in total. The van der Waals surface area contributed by atoms with Gasteiger partial charge >= 0.3 is 0 Å². The maximum absolute atomic E-state index is 12.7. The van der Waals surface area contributed by atoms with Crippen LogP contribution in [0.5, 0.6) is 17.2 Å². The number of likely N-dealkylation sites (tertiary alicyclic amines) is 1. The van der Waals surface area contributed by atoms with Crippen LogP contribution in [0.25, 0.3) is 0 Å². The Morgan fingerprint density at radius 3 is 2.41 bits per heavy atom. The Kier molecular flexibility index (Phi) is 7.36. The molecule has 1 heterocycles. The van der Waals surface area contributed by atoms with Crippen molar-refractivity contribution in [2.75, 3.05) is 41.0 Å². The third-order valence-electron chi connectivity index (χ3n) is 5.40. The summed E-state index contributed by atoms with van der Waals surface area (Å²) in [5.74, 6) is 2.17. The Morgan fingerprint density at radius 2 is 1.72 bits per heavy atom. The van der Waals surface area contributed by atoms with Crippen molar-refractivity contribution >= 4 is 5.91 Å². The van der Waals surface area contributed by atoms with Crippen LogP contribution < -0.4 is 19.5 Å². The molecule has 1 N–H and O–H groups in total. The minimum absolute atomic E-state index is 0.0273. The predicted molar refractivity (Wildman–Crippen MR) is 113 cm³/mol. The van der Waals surface area contributed by atoms with Gasteiger partial charge in [-0.2, -0.15) is 0 Å². The number of nitrogens with one attached hydrogen (secondary N) is 1. The van der Waals surface area contributed by atoms with Crippen molar-refractivity contribution in [1.29, 1.82) is 0 Å². The zero-order chi connectivity index (χ0) is 20.6. The molecule has 0 bridgehead atoms. The van der Waals surface area contributed by atoms with Crippen LogP contribution in [0.4, 0.5) is 0 Å². The number of nitrogens with zero attached hydrogens (tertiary/aromatic N) is 1. The first-order valence-electron chi connectivity index (χ1n) is 10.00. The molecule has 1 unspecified atom stereocenters. The molecular formula is C23H30N2O4. The van der Waals surface area contributed by atoms with Gasteiger partial charge in [0.05, 0.1) is 33.8 Å². The van der Waals surface area contributed by atoms with Crippen molar-refractivity contribution < 1.29 is 19.0 Å². The molecule has 0 spiro atoms. The normalized spacial score (nSPS) is 15.0. The van der Waals surface area contributed by atoms with E-state index in [1.165, 1.54) is 12.8 Å². The number of hydrogen-bond donors (Lipinski definition) is 1. The average Bonchev–Trinajstić information content (AvgIpc) is 3.29. The van der Waals surface area contributed by atoms with E-state index >= 15 is 0 Å². The van der Waals surface area contributed by atoms with E-state index < -0.39 is 0 Å². The summed E-state index contributed by atoms with van der Waals surface area (Å²) in [6.07, 6.45) is 2.65. The maximum atomic E-state index is 12.7. The standard InChI is InChI=1S/C23H30N2O4/c1-27-19-8-6-7-17(13-19)21(25-11-4-5-12-25)16-24-23(26)14-18-9-10-20(28-2)15-22(18)29-3/h6-10,13,15,21H,4-5,11-12,14,16H2,1-3H3,(H,24,26). The lowest BCUT2D eigenvalue weighted by molar-refractivity contribution is -0.120. The highest BCUT2D eigenvalue weighted by molar-refractivity contribution is 5.79. The van der Waals surface area contributed by atoms with Crippen LogP contribution in [0.15, 0.2) is 42.5 Å². The molecule has 0 saturated carbocycles. The summed E-state index contributed by atoms with van der Waals surface area (Å²) in [6.45, 7) is 2.65. The summed E-state index contributed by atoms with van der Waals surface area (Å²) in [6, 6.07) is 13.7. The highest BCUT2D eigenvalue weighted by Crippen LogP contribution is 2.28. The molecule has 1 atom stereocenters. The van der Waals surface area contributed by atoms with Crippen molar-refractivity contribution in [2.45, 2.75) is 25.3 Å². The predicted octanol–water partition coefficient (Wildman–Crippen LogP) is 3.21. The fraction of sp³-hybridized carbons (Fsp3) is 0.435. The number of hydrogen-bond acceptors (Lipinski definition) is 5. The van der Waals surface area contributed by atoms with Crippen LogP contribution >= 0.6 is 0 Å². The van der Waals surface area contributed by atoms with E-state index in [1.54, 1.807) is 27.4 Å². The Morgan fingerprint density at radius 1 is 1.00 bits per heavy atom. The second-order valence-electron chi connectivity index (χ2n) is 7.19. The molecule has 2 aromatic carbocycles. The van der Waals surface area contributed by atoms with Crippen LogP contribution in [-0.2, 0) is 11.2 Å². The lowest BCUT2D eigenvalue weighted by atomic mass is 10.0. The van der Waals surface area contributed by atoms with Gasteiger partial charge in [0, 0.05) is 18.2 Å². The van der Waals surface area contributed by atoms with E-state index in [0.29, 0.717) is 18.0 Å².